The first-order valence-corrected chi connectivity index (χ1v) is 7.43. The average Bonchev–Trinajstić information content (AvgIpc) is 2.81. The van der Waals surface area contributed by atoms with Crippen molar-refractivity contribution in [3.63, 3.8) is 0 Å². The molecular weight excluding hydrogens is 228 g/mol. The minimum absolute atomic E-state index is 0.315. The van der Waals surface area contributed by atoms with Gasteiger partial charge in [0.05, 0.1) is 0 Å². The molecule has 0 bridgehead atoms. The summed E-state index contributed by atoms with van der Waals surface area (Å²) in [7, 11) is 2.21. The summed E-state index contributed by atoms with van der Waals surface area (Å²) < 4.78 is 0. The molecule has 0 aliphatic carbocycles. The molecule has 0 aliphatic rings. The van der Waals surface area contributed by atoms with Crippen molar-refractivity contribution < 1.29 is 0 Å². The summed E-state index contributed by atoms with van der Waals surface area (Å²) in [4.78, 5) is 2.44. The lowest BCUT2D eigenvalue weighted by Gasteiger charge is -2.34. The SMILES string of the molecule is CCC(C)(C)N(C)CCNCCc1ccsc1. The normalized spacial score (nSPS) is 12.3. The minimum Gasteiger partial charge on any atom is -0.315 e. The summed E-state index contributed by atoms with van der Waals surface area (Å²) in [6.45, 7) is 10.1. The van der Waals surface area contributed by atoms with E-state index in [1.165, 1.54) is 12.0 Å². The Morgan fingerprint density at radius 1 is 1.35 bits per heavy atom. The number of hydrogen-bond donors (Lipinski definition) is 1. The van der Waals surface area contributed by atoms with Crippen molar-refractivity contribution in [2.45, 2.75) is 39.2 Å². The van der Waals surface area contributed by atoms with Crippen molar-refractivity contribution in [2.24, 2.45) is 0 Å². The fourth-order valence-corrected chi connectivity index (χ4v) is 2.32. The molecule has 17 heavy (non-hydrogen) atoms. The molecule has 0 fully saturated rings. The summed E-state index contributed by atoms with van der Waals surface area (Å²) in [5, 5.41) is 7.89. The monoisotopic (exact) mass is 254 g/mol. The molecule has 0 spiro atoms. The maximum Gasteiger partial charge on any atom is 0.0148 e. The smallest absolute Gasteiger partial charge is 0.0148 e. The van der Waals surface area contributed by atoms with E-state index in [2.05, 4.69) is 54.9 Å². The molecule has 0 saturated carbocycles. The number of rotatable bonds is 8. The van der Waals surface area contributed by atoms with E-state index >= 15 is 0 Å². The third-order valence-electron chi connectivity index (χ3n) is 3.69. The van der Waals surface area contributed by atoms with Gasteiger partial charge < -0.3 is 5.32 Å². The quantitative estimate of drug-likeness (QED) is 0.718. The number of nitrogens with one attached hydrogen (secondary N) is 1. The zero-order chi connectivity index (χ0) is 12.7. The second-order valence-electron chi connectivity index (χ2n) is 5.22. The van der Waals surface area contributed by atoms with Crippen LogP contribution in [0.3, 0.4) is 0 Å². The zero-order valence-corrected chi connectivity index (χ0v) is 12.4. The van der Waals surface area contributed by atoms with Gasteiger partial charge in [-0.1, -0.05) is 6.92 Å². The van der Waals surface area contributed by atoms with E-state index in [-0.39, 0.29) is 0 Å². The maximum atomic E-state index is 3.51. The summed E-state index contributed by atoms with van der Waals surface area (Å²) in [5.74, 6) is 0. The molecule has 0 amide bonds. The van der Waals surface area contributed by atoms with E-state index in [1.54, 1.807) is 11.3 Å². The molecule has 1 N–H and O–H groups in total. The number of thiophene rings is 1. The molecule has 0 atom stereocenters. The van der Waals surface area contributed by atoms with Crippen LogP contribution >= 0.6 is 11.3 Å². The van der Waals surface area contributed by atoms with E-state index < -0.39 is 0 Å². The van der Waals surface area contributed by atoms with E-state index in [1.807, 2.05) is 0 Å². The molecule has 0 aliphatic heterocycles. The number of nitrogens with zero attached hydrogens (tertiary/aromatic N) is 1. The fraction of sp³-hybridized carbons (Fsp3) is 0.714. The van der Waals surface area contributed by atoms with Gasteiger partial charge in [-0.25, -0.2) is 0 Å². The van der Waals surface area contributed by atoms with Crippen LogP contribution in [0.5, 0.6) is 0 Å². The first kappa shape index (κ1) is 14.7. The van der Waals surface area contributed by atoms with Crippen LogP contribution in [0, 0.1) is 0 Å². The van der Waals surface area contributed by atoms with Crippen molar-refractivity contribution in [1.29, 1.82) is 0 Å². The molecule has 1 aromatic heterocycles. The van der Waals surface area contributed by atoms with E-state index in [0.717, 1.165) is 26.1 Å². The highest BCUT2D eigenvalue weighted by Crippen LogP contribution is 2.15. The van der Waals surface area contributed by atoms with Crippen molar-refractivity contribution in [2.75, 3.05) is 26.7 Å². The first-order chi connectivity index (χ1) is 8.06. The van der Waals surface area contributed by atoms with Crippen molar-refractivity contribution in [3.05, 3.63) is 22.4 Å². The molecule has 98 valence electrons. The van der Waals surface area contributed by atoms with Crippen LogP contribution in [-0.4, -0.2) is 37.1 Å². The maximum absolute atomic E-state index is 3.51. The predicted molar refractivity (Wildman–Crippen MR) is 77.9 cm³/mol. The van der Waals surface area contributed by atoms with E-state index in [9.17, 15) is 0 Å². The standard InChI is InChI=1S/C14H26N2S/c1-5-14(2,3)16(4)10-9-15-8-6-13-7-11-17-12-13/h7,11-12,15H,5-6,8-10H2,1-4H3. The third kappa shape index (κ3) is 5.19. The summed E-state index contributed by atoms with van der Waals surface area (Å²) >= 11 is 1.78. The molecule has 0 aromatic carbocycles. The minimum atomic E-state index is 0.315. The van der Waals surface area contributed by atoms with Gasteiger partial charge in [0.2, 0.25) is 0 Å². The predicted octanol–water partition coefficient (Wildman–Crippen LogP) is 3.00. The molecule has 1 rings (SSSR count). The molecule has 3 heteroatoms. The molecule has 0 saturated heterocycles. The van der Waals surface area contributed by atoms with Gasteiger partial charge in [0.25, 0.3) is 0 Å². The molecule has 1 aromatic rings. The van der Waals surface area contributed by atoms with Gasteiger partial charge in [-0.3, -0.25) is 4.90 Å². The third-order valence-corrected chi connectivity index (χ3v) is 4.43. The Morgan fingerprint density at radius 2 is 2.12 bits per heavy atom. The number of hydrogen-bond acceptors (Lipinski definition) is 3. The van der Waals surface area contributed by atoms with Gasteiger partial charge in [0, 0.05) is 18.6 Å². The van der Waals surface area contributed by atoms with Crippen molar-refractivity contribution >= 4 is 11.3 Å². The topological polar surface area (TPSA) is 15.3 Å². The highest BCUT2D eigenvalue weighted by Gasteiger charge is 2.19. The molecule has 0 radical (unpaired) electrons. The van der Waals surface area contributed by atoms with E-state index in [0.29, 0.717) is 5.54 Å². The van der Waals surface area contributed by atoms with E-state index in [4.69, 9.17) is 0 Å². The molecular formula is C14H26N2S. The lowest BCUT2D eigenvalue weighted by atomic mass is 10.0. The van der Waals surface area contributed by atoms with Gasteiger partial charge in [0.15, 0.2) is 0 Å². The first-order valence-electron chi connectivity index (χ1n) is 6.49. The Balaban J connectivity index is 2.08. The van der Waals surface area contributed by atoms with Crippen molar-refractivity contribution in [3.8, 4) is 0 Å². The highest BCUT2D eigenvalue weighted by atomic mass is 32.1. The fourth-order valence-electron chi connectivity index (χ4n) is 1.61. The lowest BCUT2D eigenvalue weighted by molar-refractivity contribution is 0.152. The van der Waals surface area contributed by atoms with Gasteiger partial charge in [-0.2, -0.15) is 11.3 Å². The summed E-state index contributed by atoms with van der Waals surface area (Å²) in [6, 6.07) is 2.21. The van der Waals surface area contributed by atoms with Crippen LogP contribution in [0.4, 0.5) is 0 Å². The highest BCUT2D eigenvalue weighted by molar-refractivity contribution is 7.07. The zero-order valence-electron chi connectivity index (χ0n) is 11.6. The van der Waals surface area contributed by atoms with Gasteiger partial charge in [-0.15, -0.1) is 0 Å². The second-order valence-corrected chi connectivity index (χ2v) is 6.00. The van der Waals surface area contributed by atoms with Crippen molar-refractivity contribution in [1.82, 2.24) is 10.2 Å². The van der Waals surface area contributed by atoms with Crippen LogP contribution in [0.15, 0.2) is 16.8 Å². The van der Waals surface area contributed by atoms with Crippen LogP contribution in [0.2, 0.25) is 0 Å². The summed E-state index contributed by atoms with van der Waals surface area (Å²) in [5.41, 5.74) is 1.76. The Morgan fingerprint density at radius 3 is 2.71 bits per heavy atom. The average molecular weight is 254 g/mol. The van der Waals surface area contributed by atoms with Crippen LogP contribution in [0.25, 0.3) is 0 Å². The molecule has 0 unspecified atom stereocenters. The Bertz CT molecular complexity index is 293. The van der Waals surface area contributed by atoms with Gasteiger partial charge >= 0.3 is 0 Å². The molecule has 1 heterocycles. The lowest BCUT2D eigenvalue weighted by Crippen LogP contribution is -2.43. The number of likely N-dealkylation sites (N-methyl/N-ethyl adjacent to an activating group) is 1. The van der Waals surface area contributed by atoms with Gasteiger partial charge in [-0.05, 0) is 62.7 Å². The van der Waals surface area contributed by atoms with Crippen LogP contribution in [0.1, 0.15) is 32.8 Å². The molecule has 2 nitrogen and oxygen atoms in total. The largest absolute Gasteiger partial charge is 0.315 e. The van der Waals surface area contributed by atoms with Gasteiger partial charge in [0.1, 0.15) is 0 Å². The Kier molecular flexibility index (Phi) is 6.17. The van der Waals surface area contributed by atoms with Crippen LogP contribution in [-0.2, 0) is 6.42 Å². The second kappa shape index (κ2) is 7.14. The Labute approximate surface area is 110 Å². The van der Waals surface area contributed by atoms with Crippen LogP contribution < -0.4 is 5.32 Å². The Hall–Kier alpha value is -0.380. The summed E-state index contributed by atoms with van der Waals surface area (Å²) in [6.07, 6.45) is 2.34.